The van der Waals surface area contributed by atoms with Gasteiger partial charge in [-0.2, -0.15) is 13.2 Å². The number of halogens is 3. The maximum atomic E-state index is 13.4. The van der Waals surface area contributed by atoms with Gasteiger partial charge in [-0.15, -0.1) is 5.10 Å². The van der Waals surface area contributed by atoms with Crippen molar-refractivity contribution in [1.82, 2.24) is 14.6 Å². The highest BCUT2D eigenvalue weighted by Gasteiger charge is 2.33. The van der Waals surface area contributed by atoms with Crippen LogP contribution in [0, 0.1) is 13.8 Å². The largest absolute Gasteiger partial charge is 0.416 e. The minimum absolute atomic E-state index is 0.249. The number of aromatic nitrogens is 3. The highest BCUT2D eigenvalue weighted by Crippen LogP contribution is 2.34. The van der Waals surface area contributed by atoms with Gasteiger partial charge in [0.05, 0.1) is 30.2 Å². The summed E-state index contributed by atoms with van der Waals surface area (Å²) in [6.45, 7) is 8.32. The Morgan fingerprint density at radius 1 is 1.10 bits per heavy atom. The molecule has 1 saturated heterocycles. The smallest absolute Gasteiger partial charge is 0.378 e. The van der Waals surface area contributed by atoms with Crippen molar-refractivity contribution in [2.45, 2.75) is 39.8 Å². The van der Waals surface area contributed by atoms with Crippen molar-refractivity contribution >= 4 is 11.5 Å². The molecule has 1 aromatic carbocycles. The number of rotatable bonds is 4. The third-order valence-electron chi connectivity index (χ3n) is 5.77. The Kier molecular flexibility index (Phi) is 5.44. The van der Waals surface area contributed by atoms with Crippen molar-refractivity contribution in [3.8, 4) is 0 Å². The zero-order valence-electron chi connectivity index (χ0n) is 17.4. The van der Waals surface area contributed by atoms with E-state index in [4.69, 9.17) is 14.8 Å². The number of morpholine rings is 1. The van der Waals surface area contributed by atoms with Gasteiger partial charge in [-0.1, -0.05) is 19.1 Å². The van der Waals surface area contributed by atoms with E-state index >= 15 is 0 Å². The van der Waals surface area contributed by atoms with E-state index in [2.05, 4.69) is 17.9 Å². The molecule has 0 aliphatic carbocycles. The second-order valence-electron chi connectivity index (χ2n) is 7.62. The van der Waals surface area contributed by atoms with Crippen molar-refractivity contribution in [3.63, 3.8) is 0 Å². The number of aryl methyl sites for hydroxylation is 2. The average molecular weight is 418 g/mol. The minimum atomic E-state index is -4.37. The van der Waals surface area contributed by atoms with Gasteiger partial charge in [-0.05, 0) is 43.5 Å². The maximum Gasteiger partial charge on any atom is 0.416 e. The number of alkyl halides is 3. The molecule has 3 aromatic rings. The van der Waals surface area contributed by atoms with Crippen molar-refractivity contribution in [3.05, 3.63) is 57.9 Å². The molecule has 1 aliphatic rings. The van der Waals surface area contributed by atoms with Gasteiger partial charge in [0.1, 0.15) is 5.82 Å². The van der Waals surface area contributed by atoms with Crippen molar-refractivity contribution in [1.29, 1.82) is 0 Å². The zero-order valence-corrected chi connectivity index (χ0v) is 17.4. The fourth-order valence-electron chi connectivity index (χ4n) is 3.99. The lowest BCUT2D eigenvalue weighted by Gasteiger charge is -2.28. The summed E-state index contributed by atoms with van der Waals surface area (Å²) in [4.78, 5) is 6.88. The molecule has 0 amide bonds. The topological polar surface area (TPSA) is 42.7 Å². The molecule has 3 heterocycles. The van der Waals surface area contributed by atoms with Crippen LogP contribution in [0.3, 0.4) is 0 Å². The van der Waals surface area contributed by atoms with Crippen LogP contribution in [0.4, 0.5) is 19.0 Å². The van der Waals surface area contributed by atoms with E-state index in [-0.39, 0.29) is 5.56 Å². The van der Waals surface area contributed by atoms with Gasteiger partial charge in [0, 0.05) is 25.1 Å². The van der Waals surface area contributed by atoms with Crippen LogP contribution in [0.1, 0.15) is 40.6 Å². The molecule has 0 spiro atoms. The lowest BCUT2D eigenvalue weighted by Crippen LogP contribution is -2.37. The van der Waals surface area contributed by atoms with Crippen LogP contribution < -0.4 is 4.90 Å². The average Bonchev–Trinajstić information content (AvgIpc) is 3.04. The molecule has 4 rings (SSSR count). The normalized spacial score (nSPS) is 15.2. The van der Waals surface area contributed by atoms with Gasteiger partial charge in [-0.25, -0.2) is 9.50 Å². The monoisotopic (exact) mass is 418 g/mol. The molecule has 0 saturated carbocycles. The second kappa shape index (κ2) is 7.91. The minimum Gasteiger partial charge on any atom is -0.378 e. The number of nitrogens with zero attached hydrogens (tertiary/aromatic N) is 4. The Bertz CT molecular complexity index is 1070. The second-order valence-corrected chi connectivity index (χ2v) is 7.62. The molecule has 0 unspecified atom stereocenters. The molecule has 0 radical (unpaired) electrons. The third kappa shape index (κ3) is 3.76. The number of anilines is 1. The molecule has 160 valence electrons. The number of benzene rings is 1. The van der Waals surface area contributed by atoms with Crippen LogP contribution in [0.2, 0.25) is 0 Å². The summed E-state index contributed by atoms with van der Waals surface area (Å²) in [6, 6.07) is 6.40. The van der Waals surface area contributed by atoms with E-state index < -0.39 is 11.7 Å². The third-order valence-corrected chi connectivity index (χ3v) is 5.77. The van der Waals surface area contributed by atoms with Crippen LogP contribution in [-0.2, 0) is 23.8 Å². The van der Waals surface area contributed by atoms with Gasteiger partial charge in [-0.3, -0.25) is 0 Å². The van der Waals surface area contributed by atoms with Crippen LogP contribution in [0.15, 0.2) is 24.3 Å². The lowest BCUT2D eigenvalue weighted by molar-refractivity contribution is -0.138. The molecule has 30 heavy (non-hydrogen) atoms. The van der Waals surface area contributed by atoms with Crippen molar-refractivity contribution in [2.24, 2.45) is 0 Å². The Hall–Kier alpha value is -2.61. The summed E-state index contributed by atoms with van der Waals surface area (Å²) < 4.78 is 47.3. The van der Waals surface area contributed by atoms with E-state index in [9.17, 15) is 13.2 Å². The van der Waals surface area contributed by atoms with Crippen LogP contribution in [-0.4, -0.2) is 40.9 Å². The van der Waals surface area contributed by atoms with Crippen LogP contribution >= 0.6 is 0 Å². The van der Waals surface area contributed by atoms with Gasteiger partial charge < -0.3 is 9.64 Å². The van der Waals surface area contributed by atoms with Crippen molar-refractivity contribution < 1.29 is 17.9 Å². The molecule has 0 bridgehead atoms. The van der Waals surface area contributed by atoms with E-state index in [1.165, 1.54) is 13.0 Å². The summed E-state index contributed by atoms with van der Waals surface area (Å²) in [6.07, 6.45) is -3.24. The molecule has 5 nitrogen and oxygen atoms in total. The predicted octanol–water partition coefficient (Wildman–Crippen LogP) is 4.35. The summed E-state index contributed by atoms with van der Waals surface area (Å²) in [5.74, 6) is 0.849. The first-order chi connectivity index (χ1) is 14.3. The first kappa shape index (κ1) is 20.7. The number of imidazole rings is 1. The zero-order chi connectivity index (χ0) is 21.5. The highest BCUT2D eigenvalue weighted by atomic mass is 19.4. The number of ether oxygens (including phenoxy) is 1. The van der Waals surface area contributed by atoms with Crippen LogP contribution in [0.25, 0.3) is 5.65 Å². The summed E-state index contributed by atoms with van der Waals surface area (Å²) >= 11 is 0. The fraction of sp³-hybridized carbons (Fsp3) is 0.455. The predicted molar refractivity (Wildman–Crippen MR) is 109 cm³/mol. The molecule has 1 fully saturated rings. The SMILES string of the molecule is CCc1cc(N2CCOCC2)nn2c(Cc3cccc(C(F)(F)F)c3C)c(C)nc12. The molecule has 0 N–H and O–H groups in total. The fourth-order valence-corrected chi connectivity index (χ4v) is 3.99. The van der Waals surface area contributed by atoms with E-state index in [0.717, 1.165) is 54.0 Å². The van der Waals surface area contributed by atoms with E-state index in [1.54, 1.807) is 6.07 Å². The van der Waals surface area contributed by atoms with Gasteiger partial charge in [0.25, 0.3) is 0 Å². The number of hydrogen-bond acceptors (Lipinski definition) is 4. The molecule has 8 heteroatoms. The molecular weight excluding hydrogens is 393 g/mol. The summed E-state index contributed by atoms with van der Waals surface area (Å²) in [5.41, 5.74) is 3.73. The first-order valence-electron chi connectivity index (χ1n) is 10.2. The molecule has 0 atom stereocenters. The Balaban J connectivity index is 1.81. The molecular formula is C22H25F3N4O. The highest BCUT2D eigenvalue weighted by molar-refractivity contribution is 5.56. The summed E-state index contributed by atoms with van der Waals surface area (Å²) in [5, 5.41) is 4.83. The molecule has 2 aromatic heterocycles. The number of hydrogen-bond donors (Lipinski definition) is 0. The van der Waals surface area contributed by atoms with Crippen LogP contribution in [0.5, 0.6) is 0 Å². The quantitative estimate of drug-likeness (QED) is 0.632. The van der Waals surface area contributed by atoms with E-state index in [0.29, 0.717) is 25.2 Å². The van der Waals surface area contributed by atoms with E-state index in [1.807, 2.05) is 11.4 Å². The molecule has 1 aliphatic heterocycles. The Morgan fingerprint density at radius 2 is 1.83 bits per heavy atom. The van der Waals surface area contributed by atoms with Gasteiger partial charge in [0.15, 0.2) is 5.65 Å². The Labute approximate surface area is 173 Å². The maximum absolute atomic E-state index is 13.4. The first-order valence-corrected chi connectivity index (χ1v) is 10.2. The van der Waals surface area contributed by atoms with Gasteiger partial charge in [0.2, 0.25) is 0 Å². The van der Waals surface area contributed by atoms with Crippen molar-refractivity contribution in [2.75, 3.05) is 31.2 Å². The lowest BCUT2D eigenvalue weighted by atomic mass is 9.98. The summed E-state index contributed by atoms with van der Waals surface area (Å²) in [7, 11) is 0. The van der Waals surface area contributed by atoms with Gasteiger partial charge >= 0.3 is 6.18 Å². The standard InChI is InChI=1S/C22H25F3N4O/c1-4-16-13-20(28-8-10-30-11-9-28)27-29-19(15(3)26-21(16)29)12-17-6-5-7-18(14(17)2)22(23,24)25/h5-7,13H,4,8-12H2,1-3H3. The number of fused-ring (bicyclic) bond motifs is 1. The Morgan fingerprint density at radius 3 is 2.50 bits per heavy atom.